The van der Waals surface area contributed by atoms with E-state index in [1.165, 1.54) is 5.69 Å². The molecule has 1 saturated heterocycles. The first-order chi connectivity index (χ1) is 10.8. The number of benzene rings is 1. The number of rotatable bonds is 3. The van der Waals surface area contributed by atoms with Gasteiger partial charge in [0.15, 0.2) is 5.65 Å². The number of nitrogens with zero attached hydrogens (tertiary/aromatic N) is 4. The van der Waals surface area contributed by atoms with Gasteiger partial charge in [-0.1, -0.05) is 0 Å². The van der Waals surface area contributed by atoms with Crippen molar-refractivity contribution in [2.24, 2.45) is 5.73 Å². The number of nitrogens with two attached hydrogens (primary N) is 1. The molecule has 22 heavy (non-hydrogen) atoms. The highest BCUT2D eigenvalue weighted by Crippen LogP contribution is 2.23. The Morgan fingerprint density at radius 1 is 1.23 bits per heavy atom. The zero-order chi connectivity index (χ0) is 14.9. The minimum atomic E-state index is 0.285. The van der Waals surface area contributed by atoms with E-state index in [1.54, 1.807) is 12.5 Å². The maximum atomic E-state index is 5.95. The van der Waals surface area contributed by atoms with Crippen molar-refractivity contribution in [2.45, 2.75) is 12.5 Å². The molecule has 3 heterocycles. The number of anilines is 3. The van der Waals surface area contributed by atoms with Crippen molar-refractivity contribution < 1.29 is 0 Å². The monoisotopic (exact) mass is 295 g/mol. The van der Waals surface area contributed by atoms with Crippen molar-refractivity contribution in [1.82, 2.24) is 19.9 Å². The average molecular weight is 295 g/mol. The molecule has 1 aliphatic heterocycles. The van der Waals surface area contributed by atoms with Gasteiger partial charge in [0.05, 0.1) is 12.5 Å². The van der Waals surface area contributed by atoms with Crippen molar-refractivity contribution in [3.8, 4) is 0 Å². The highest BCUT2D eigenvalue weighted by Gasteiger charge is 2.18. The Kier molecular flexibility index (Phi) is 3.12. The first kappa shape index (κ1) is 13.0. The first-order valence-electron chi connectivity index (χ1n) is 7.32. The molecule has 0 bridgehead atoms. The van der Waals surface area contributed by atoms with Crippen LogP contribution < -0.4 is 16.0 Å². The fraction of sp³-hybridized carbons (Fsp3) is 0.267. The lowest BCUT2D eigenvalue weighted by molar-refractivity contribution is 0.752. The third-order valence-electron chi connectivity index (χ3n) is 3.89. The molecule has 1 fully saturated rings. The summed E-state index contributed by atoms with van der Waals surface area (Å²) in [5, 5.41) is 3.20. The molecule has 2 aromatic heterocycles. The SMILES string of the molecule is NC1CCN(c2ccc(Nc3ncc4nc[nH]c4n3)cc2)C1. The van der Waals surface area contributed by atoms with E-state index in [9.17, 15) is 0 Å². The number of H-pyrrole nitrogens is 1. The van der Waals surface area contributed by atoms with Crippen LogP contribution in [0.15, 0.2) is 36.8 Å². The van der Waals surface area contributed by atoms with E-state index in [0.717, 1.165) is 36.4 Å². The average Bonchev–Trinajstić information content (AvgIpc) is 3.16. The van der Waals surface area contributed by atoms with E-state index in [2.05, 4.69) is 42.3 Å². The van der Waals surface area contributed by atoms with Crippen LogP contribution in [0.1, 0.15) is 6.42 Å². The number of aromatic nitrogens is 4. The molecule has 1 unspecified atom stereocenters. The molecule has 3 aromatic rings. The minimum absolute atomic E-state index is 0.285. The lowest BCUT2D eigenvalue weighted by Crippen LogP contribution is -2.26. The van der Waals surface area contributed by atoms with Crippen molar-refractivity contribution in [3.63, 3.8) is 0 Å². The van der Waals surface area contributed by atoms with E-state index in [4.69, 9.17) is 5.73 Å². The molecule has 0 spiro atoms. The molecule has 7 heteroatoms. The summed E-state index contributed by atoms with van der Waals surface area (Å²) in [6.07, 6.45) is 4.36. The number of nitrogens with one attached hydrogen (secondary N) is 2. The van der Waals surface area contributed by atoms with Gasteiger partial charge in [0.25, 0.3) is 0 Å². The summed E-state index contributed by atoms with van der Waals surface area (Å²) in [6, 6.07) is 8.52. The van der Waals surface area contributed by atoms with E-state index < -0.39 is 0 Å². The Bertz CT molecular complexity index is 780. The highest BCUT2D eigenvalue weighted by molar-refractivity contribution is 5.71. The van der Waals surface area contributed by atoms with Gasteiger partial charge in [-0.15, -0.1) is 0 Å². The van der Waals surface area contributed by atoms with Crippen molar-refractivity contribution in [1.29, 1.82) is 0 Å². The number of hydrogen-bond donors (Lipinski definition) is 3. The Morgan fingerprint density at radius 2 is 2.09 bits per heavy atom. The van der Waals surface area contributed by atoms with Crippen LogP contribution >= 0.6 is 0 Å². The third kappa shape index (κ3) is 2.46. The fourth-order valence-corrected chi connectivity index (χ4v) is 2.71. The highest BCUT2D eigenvalue weighted by atomic mass is 15.2. The molecule has 0 amide bonds. The molecule has 0 radical (unpaired) electrons. The Balaban J connectivity index is 1.50. The van der Waals surface area contributed by atoms with E-state index in [0.29, 0.717) is 5.95 Å². The smallest absolute Gasteiger partial charge is 0.229 e. The normalized spacial score (nSPS) is 18.0. The van der Waals surface area contributed by atoms with Crippen LogP contribution in [0, 0.1) is 0 Å². The van der Waals surface area contributed by atoms with Gasteiger partial charge in [-0.3, -0.25) is 0 Å². The lowest BCUT2D eigenvalue weighted by atomic mass is 10.2. The zero-order valence-corrected chi connectivity index (χ0v) is 12.0. The minimum Gasteiger partial charge on any atom is -0.370 e. The van der Waals surface area contributed by atoms with Crippen LogP contribution in [0.5, 0.6) is 0 Å². The van der Waals surface area contributed by atoms with Crippen LogP contribution in [0.25, 0.3) is 11.2 Å². The second-order valence-corrected chi connectivity index (χ2v) is 5.50. The molecular formula is C15H17N7. The predicted molar refractivity (Wildman–Crippen MR) is 86.2 cm³/mol. The summed E-state index contributed by atoms with van der Waals surface area (Å²) < 4.78 is 0. The molecule has 4 rings (SSSR count). The third-order valence-corrected chi connectivity index (χ3v) is 3.89. The van der Waals surface area contributed by atoms with Crippen LogP contribution in [-0.4, -0.2) is 39.1 Å². The van der Waals surface area contributed by atoms with Crippen molar-refractivity contribution in [3.05, 3.63) is 36.8 Å². The Labute approximate surface area is 127 Å². The van der Waals surface area contributed by atoms with Gasteiger partial charge < -0.3 is 20.9 Å². The number of aromatic amines is 1. The van der Waals surface area contributed by atoms with E-state index in [-0.39, 0.29) is 6.04 Å². The molecule has 7 nitrogen and oxygen atoms in total. The Morgan fingerprint density at radius 3 is 2.86 bits per heavy atom. The second kappa shape index (κ2) is 5.27. The molecule has 1 atom stereocenters. The summed E-state index contributed by atoms with van der Waals surface area (Å²) in [4.78, 5) is 18.0. The quantitative estimate of drug-likeness (QED) is 0.680. The molecule has 1 aliphatic rings. The molecular weight excluding hydrogens is 278 g/mol. The largest absolute Gasteiger partial charge is 0.370 e. The van der Waals surface area contributed by atoms with Gasteiger partial charge in [0, 0.05) is 30.5 Å². The number of fused-ring (bicyclic) bond motifs is 1. The van der Waals surface area contributed by atoms with E-state index >= 15 is 0 Å². The van der Waals surface area contributed by atoms with Gasteiger partial charge in [-0.2, -0.15) is 4.98 Å². The number of imidazole rings is 1. The summed E-state index contributed by atoms with van der Waals surface area (Å²) >= 11 is 0. The molecule has 1 aromatic carbocycles. The van der Waals surface area contributed by atoms with Crippen molar-refractivity contribution >= 4 is 28.5 Å². The van der Waals surface area contributed by atoms with Crippen LogP contribution in [-0.2, 0) is 0 Å². The maximum absolute atomic E-state index is 5.95. The Hall–Kier alpha value is -2.67. The van der Waals surface area contributed by atoms with Gasteiger partial charge in [-0.05, 0) is 30.7 Å². The van der Waals surface area contributed by atoms with Crippen molar-refractivity contribution in [2.75, 3.05) is 23.3 Å². The summed E-state index contributed by atoms with van der Waals surface area (Å²) in [5.74, 6) is 0.549. The zero-order valence-electron chi connectivity index (χ0n) is 12.0. The fourth-order valence-electron chi connectivity index (χ4n) is 2.71. The predicted octanol–water partition coefficient (Wildman–Crippen LogP) is 1.63. The van der Waals surface area contributed by atoms with Gasteiger partial charge in [0.1, 0.15) is 5.52 Å². The molecule has 4 N–H and O–H groups in total. The topological polar surface area (TPSA) is 95.7 Å². The lowest BCUT2D eigenvalue weighted by Gasteiger charge is -2.18. The molecule has 0 aliphatic carbocycles. The van der Waals surface area contributed by atoms with Crippen LogP contribution in [0.3, 0.4) is 0 Å². The maximum Gasteiger partial charge on any atom is 0.229 e. The summed E-state index contributed by atoms with van der Waals surface area (Å²) in [5.41, 5.74) is 9.58. The molecule has 0 saturated carbocycles. The summed E-state index contributed by atoms with van der Waals surface area (Å²) in [6.45, 7) is 1.94. The summed E-state index contributed by atoms with van der Waals surface area (Å²) in [7, 11) is 0. The van der Waals surface area contributed by atoms with Crippen LogP contribution in [0.2, 0.25) is 0 Å². The standard InChI is InChI=1S/C15H17N7/c16-10-5-6-22(8-10)12-3-1-11(2-4-12)20-15-17-7-13-14(21-15)19-9-18-13/h1-4,7,9-10H,5-6,8,16H2,(H2,17,18,19,20,21). The second-order valence-electron chi connectivity index (χ2n) is 5.50. The van der Waals surface area contributed by atoms with Gasteiger partial charge in [0.2, 0.25) is 5.95 Å². The van der Waals surface area contributed by atoms with Gasteiger partial charge >= 0.3 is 0 Å². The molecule has 112 valence electrons. The van der Waals surface area contributed by atoms with E-state index in [1.807, 2.05) is 12.1 Å². The van der Waals surface area contributed by atoms with Gasteiger partial charge in [-0.25, -0.2) is 9.97 Å². The number of hydrogen-bond acceptors (Lipinski definition) is 6. The first-order valence-corrected chi connectivity index (χ1v) is 7.32. The van der Waals surface area contributed by atoms with Crippen LogP contribution in [0.4, 0.5) is 17.3 Å².